The second-order valence-corrected chi connectivity index (χ2v) is 4.47. The molecule has 1 rings (SSSR count). The van der Waals surface area contributed by atoms with Gasteiger partial charge in [0, 0.05) is 6.54 Å². The van der Waals surface area contributed by atoms with Gasteiger partial charge in [-0.25, -0.2) is 0 Å². The van der Waals surface area contributed by atoms with E-state index in [0.29, 0.717) is 5.41 Å². The molecule has 1 atom stereocenters. The molecular formula is C11H22N2O. The second kappa shape index (κ2) is 4.78. The fourth-order valence-corrected chi connectivity index (χ4v) is 1.68. The average molecular weight is 198 g/mol. The van der Waals surface area contributed by atoms with E-state index in [2.05, 4.69) is 12.2 Å². The van der Waals surface area contributed by atoms with Crippen molar-refractivity contribution in [2.75, 3.05) is 6.54 Å². The van der Waals surface area contributed by atoms with Crippen molar-refractivity contribution in [1.82, 2.24) is 5.32 Å². The normalized spacial score (nSPS) is 20.2. The van der Waals surface area contributed by atoms with Gasteiger partial charge in [0.2, 0.25) is 5.91 Å². The lowest BCUT2D eigenvalue weighted by Crippen LogP contribution is -2.42. The minimum atomic E-state index is -0.312. The van der Waals surface area contributed by atoms with Gasteiger partial charge in [0.25, 0.3) is 0 Å². The molecule has 0 unspecified atom stereocenters. The Balaban J connectivity index is 2.20. The van der Waals surface area contributed by atoms with Crippen LogP contribution in [0.4, 0.5) is 0 Å². The summed E-state index contributed by atoms with van der Waals surface area (Å²) >= 11 is 0. The number of nitrogens with two attached hydrogens (primary N) is 1. The third-order valence-electron chi connectivity index (χ3n) is 3.28. The lowest BCUT2D eigenvalue weighted by Gasteiger charge is -2.16. The zero-order chi connectivity index (χ0) is 10.6. The molecule has 0 spiro atoms. The van der Waals surface area contributed by atoms with Crippen LogP contribution in [0.2, 0.25) is 0 Å². The molecule has 3 nitrogen and oxygen atoms in total. The first-order valence-electron chi connectivity index (χ1n) is 5.67. The van der Waals surface area contributed by atoms with Crippen LogP contribution in [0.15, 0.2) is 0 Å². The van der Waals surface area contributed by atoms with Crippen molar-refractivity contribution in [3.05, 3.63) is 0 Å². The summed E-state index contributed by atoms with van der Waals surface area (Å²) < 4.78 is 0. The van der Waals surface area contributed by atoms with Crippen LogP contribution in [0, 0.1) is 5.41 Å². The number of carbonyl (C=O) groups excluding carboxylic acids is 1. The Bertz CT molecular complexity index is 199. The smallest absolute Gasteiger partial charge is 0.236 e. The summed E-state index contributed by atoms with van der Waals surface area (Å²) in [7, 11) is 0. The highest BCUT2D eigenvalue weighted by molar-refractivity contribution is 5.81. The molecule has 1 amide bonds. The molecule has 1 aliphatic carbocycles. The first-order valence-corrected chi connectivity index (χ1v) is 5.67. The third kappa shape index (κ3) is 2.98. The van der Waals surface area contributed by atoms with Crippen LogP contribution in [0.1, 0.15) is 46.0 Å². The first-order chi connectivity index (χ1) is 6.63. The fourth-order valence-electron chi connectivity index (χ4n) is 1.68. The van der Waals surface area contributed by atoms with Crippen molar-refractivity contribution in [3.8, 4) is 0 Å². The molecule has 0 saturated heterocycles. The van der Waals surface area contributed by atoms with Crippen LogP contribution in [0.3, 0.4) is 0 Å². The topological polar surface area (TPSA) is 55.1 Å². The van der Waals surface area contributed by atoms with Crippen LogP contribution in [-0.2, 0) is 4.79 Å². The summed E-state index contributed by atoms with van der Waals surface area (Å²) in [5.41, 5.74) is 6.13. The number of amides is 1. The number of hydrogen-bond donors (Lipinski definition) is 2. The molecule has 0 radical (unpaired) electrons. The molecule has 1 aliphatic rings. The Kier molecular flexibility index (Phi) is 3.93. The van der Waals surface area contributed by atoms with E-state index in [4.69, 9.17) is 5.73 Å². The van der Waals surface area contributed by atoms with Gasteiger partial charge in [-0.05, 0) is 31.1 Å². The molecule has 14 heavy (non-hydrogen) atoms. The molecule has 3 N–H and O–H groups in total. The van der Waals surface area contributed by atoms with Crippen LogP contribution in [-0.4, -0.2) is 18.5 Å². The summed E-state index contributed by atoms with van der Waals surface area (Å²) in [5.74, 6) is 0.0200. The van der Waals surface area contributed by atoms with Gasteiger partial charge in [0.15, 0.2) is 0 Å². The summed E-state index contributed by atoms with van der Waals surface area (Å²) in [5, 5.41) is 2.96. The lowest BCUT2D eigenvalue weighted by molar-refractivity contribution is -0.122. The van der Waals surface area contributed by atoms with Gasteiger partial charge in [0.05, 0.1) is 6.04 Å². The monoisotopic (exact) mass is 198 g/mol. The summed E-state index contributed by atoms with van der Waals surface area (Å²) in [6, 6.07) is -0.312. The quantitative estimate of drug-likeness (QED) is 0.678. The number of hydrogen-bond acceptors (Lipinski definition) is 2. The number of rotatable bonds is 6. The standard InChI is InChI=1S/C11H22N2O/c1-3-5-9(12)10(14)13-8-11(4-2)6-7-11/h9H,3-8,12H2,1-2H3,(H,13,14)/t9-/m1/s1. The van der Waals surface area contributed by atoms with E-state index in [1.807, 2.05) is 6.92 Å². The van der Waals surface area contributed by atoms with Gasteiger partial charge in [-0.1, -0.05) is 20.3 Å². The zero-order valence-electron chi connectivity index (χ0n) is 9.31. The number of carbonyl (C=O) groups is 1. The highest BCUT2D eigenvalue weighted by Crippen LogP contribution is 2.47. The van der Waals surface area contributed by atoms with Gasteiger partial charge in [-0.3, -0.25) is 4.79 Å². The highest BCUT2D eigenvalue weighted by Gasteiger charge is 2.40. The molecule has 0 aromatic carbocycles. The van der Waals surface area contributed by atoms with Crippen LogP contribution >= 0.6 is 0 Å². The molecule has 1 saturated carbocycles. The summed E-state index contributed by atoms with van der Waals surface area (Å²) in [6.45, 7) is 5.05. The molecule has 0 bridgehead atoms. The van der Waals surface area contributed by atoms with Gasteiger partial charge in [-0.2, -0.15) is 0 Å². The molecule has 82 valence electrons. The molecule has 0 aromatic heterocycles. The average Bonchev–Trinajstić information content (AvgIpc) is 2.95. The minimum Gasteiger partial charge on any atom is -0.354 e. The zero-order valence-corrected chi connectivity index (χ0v) is 9.31. The Hall–Kier alpha value is -0.570. The Morgan fingerprint density at radius 2 is 2.14 bits per heavy atom. The Morgan fingerprint density at radius 3 is 2.57 bits per heavy atom. The summed E-state index contributed by atoms with van der Waals surface area (Å²) in [6.07, 6.45) is 5.42. The Labute approximate surface area is 86.4 Å². The van der Waals surface area contributed by atoms with Crippen molar-refractivity contribution < 1.29 is 4.79 Å². The third-order valence-corrected chi connectivity index (χ3v) is 3.28. The molecular weight excluding hydrogens is 176 g/mol. The lowest BCUT2D eigenvalue weighted by atomic mass is 10.0. The molecule has 0 heterocycles. The van der Waals surface area contributed by atoms with Crippen molar-refractivity contribution >= 4 is 5.91 Å². The fraction of sp³-hybridized carbons (Fsp3) is 0.909. The molecule has 0 aliphatic heterocycles. The van der Waals surface area contributed by atoms with E-state index in [9.17, 15) is 4.79 Å². The van der Waals surface area contributed by atoms with Crippen LogP contribution in [0.25, 0.3) is 0 Å². The Morgan fingerprint density at radius 1 is 1.50 bits per heavy atom. The van der Waals surface area contributed by atoms with Crippen molar-refractivity contribution in [2.24, 2.45) is 11.1 Å². The van der Waals surface area contributed by atoms with E-state index in [1.165, 1.54) is 12.8 Å². The van der Waals surface area contributed by atoms with Gasteiger partial charge < -0.3 is 11.1 Å². The van der Waals surface area contributed by atoms with Crippen molar-refractivity contribution in [1.29, 1.82) is 0 Å². The number of nitrogens with one attached hydrogen (secondary N) is 1. The maximum atomic E-state index is 11.5. The van der Waals surface area contributed by atoms with Crippen LogP contribution < -0.4 is 11.1 Å². The predicted molar refractivity (Wildman–Crippen MR) is 57.9 cm³/mol. The molecule has 0 aromatic rings. The van der Waals surface area contributed by atoms with Crippen molar-refractivity contribution in [3.63, 3.8) is 0 Å². The second-order valence-electron chi connectivity index (χ2n) is 4.47. The van der Waals surface area contributed by atoms with E-state index < -0.39 is 0 Å². The predicted octanol–water partition coefficient (Wildman–Crippen LogP) is 1.42. The van der Waals surface area contributed by atoms with E-state index in [-0.39, 0.29) is 11.9 Å². The SMILES string of the molecule is CCC[C@@H](N)C(=O)NCC1(CC)CC1. The minimum absolute atomic E-state index is 0.0200. The highest BCUT2D eigenvalue weighted by atomic mass is 16.2. The maximum absolute atomic E-state index is 11.5. The van der Waals surface area contributed by atoms with Crippen LogP contribution in [0.5, 0.6) is 0 Å². The molecule has 3 heteroatoms. The summed E-state index contributed by atoms with van der Waals surface area (Å²) in [4.78, 5) is 11.5. The first kappa shape index (κ1) is 11.5. The maximum Gasteiger partial charge on any atom is 0.236 e. The van der Waals surface area contributed by atoms with Gasteiger partial charge in [0.1, 0.15) is 0 Å². The van der Waals surface area contributed by atoms with Gasteiger partial charge >= 0.3 is 0 Å². The van der Waals surface area contributed by atoms with E-state index in [0.717, 1.165) is 25.8 Å². The van der Waals surface area contributed by atoms with E-state index in [1.54, 1.807) is 0 Å². The molecule has 1 fully saturated rings. The van der Waals surface area contributed by atoms with Gasteiger partial charge in [-0.15, -0.1) is 0 Å². The van der Waals surface area contributed by atoms with Crippen molar-refractivity contribution in [2.45, 2.75) is 52.0 Å². The largest absolute Gasteiger partial charge is 0.354 e. The van der Waals surface area contributed by atoms with E-state index >= 15 is 0 Å².